The van der Waals surface area contributed by atoms with Gasteiger partial charge in [-0.2, -0.15) is 0 Å². The standard InChI is InChI=1S/C15H13N3OS/c16-18-17-15(19)9-13-11-4-2-1-3-10(11)5-6-14-12(13)7-8-20-14/h1-4,7-8,13H,5-6,9H2. The molecule has 0 saturated heterocycles. The highest BCUT2D eigenvalue weighted by atomic mass is 32.1. The van der Waals surface area contributed by atoms with Gasteiger partial charge in [0.25, 0.3) is 0 Å². The highest BCUT2D eigenvalue weighted by molar-refractivity contribution is 7.10. The summed E-state index contributed by atoms with van der Waals surface area (Å²) in [5.74, 6) is -0.390. The molecular formula is C15H13N3OS. The monoisotopic (exact) mass is 283 g/mol. The largest absolute Gasteiger partial charge is 0.293 e. The quantitative estimate of drug-likeness (QED) is 0.462. The number of carbonyl (C=O) groups is 1. The number of hydrogen-bond acceptors (Lipinski definition) is 2. The molecule has 0 saturated carbocycles. The van der Waals surface area contributed by atoms with E-state index in [4.69, 9.17) is 5.53 Å². The van der Waals surface area contributed by atoms with E-state index in [2.05, 4.69) is 33.6 Å². The summed E-state index contributed by atoms with van der Waals surface area (Å²) in [6, 6.07) is 10.3. The van der Waals surface area contributed by atoms with Crippen LogP contribution in [0.3, 0.4) is 0 Å². The van der Waals surface area contributed by atoms with Gasteiger partial charge in [0.1, 0.15) is 0 Å². The lowest BCUT2D eigenvalue weighted by molar-refractivity contribution is -0.118. The fourth-order valence-corrected chi connectivity index (χ4v) is 3.81. The van der Waals surface area contributed by atoms with Crippen molar-refractivity contribution < 1.29 is 4.79 Å². The van der Waals surface area contributed by atoms with Crippen molar-refractivity contribution in [1.29, 1.82) is 0 Å². The van der Waals surface area contributed by atoms with Gasteiger partial charge in [-0.1, -0.05) is 24.3 Å². The molecule has 0 bridgehead atoms. The van der Waals surface area contributed by atoms with Gasteiger partial charge in [0.05, 0.1) is 0 Å². The van der Waals surface area contributed by atoms with Crippen molar-refractivity contribution in [2.24, 2.45) is 5.11 Å². The molecule has 1 aliphatic rings. The predicted molar refractivity (Wildman–Crippen MR) is 78.8 cm³/mol. The minimum absolute atomic E-state index is 0.00736. The molecule has 1 atom stereocenters. The molecule has 3 rings (SSSR count). The van der Waals surface area contributed by atoms with Crippen LogP contribution in [0.5, 0.6) is 0 Å². The first-order valence-corrected chi connectivity index (χ1v) is 7.39. The van der Waals surface area contributed by atoms with Crippen molar-refractivity contribution in [3.63, 3.8) is 0 Å². The number of rotatable bonds is 2. The molecular weight excluding hydrogens is 270 g/mol. The first kappa shape index (κ1) is 12.9. The van der Waals surface area contributed by atoms with E-state index in [1.807, 2.05) is 12.1 Å². The molecule has 5 heteroatoms. The molecule has 2 aromatic rings. The number of thiophene rings is 1. The van der Waals surface area contributed by atoms with Crippen LogP contribution in [0.25, 0.3) is 10.4 Å². The van der Waals surface area contributed by atoms with Gasteiger partial charge in [-0.3, -0.25) is 4.79 Å². The second-order valence-electron chi connectivity index (χ2n) is 4.84. The smallest absolute Gasteiger partial charge is 0.219 e. The number of amides is 1. The van der Waals surface area contributed by atoms with Gasteiger partial charge in [0.15, 0.2) is 0 Å². The number of fused-ring (bicyclic) bond motifs is 2. The molecule has 1 amide bonds. The van der Waals surface area contributed by atoms with E-state index in [-0.39, 0.29) is 12.3 Å². The van der Waals surface area contributed by atoms with E-state index in [1.165, 1.54) is 21.6 Å². The van der Waals surface area contributed by atoms with Crippen LogP contribution in [0.2, 0.25) is 0 Å². The maximum atomic E-state index is 11.7. The molecule has 4 nitrogen and oxygen atoms in total. The number of carbonyl (C=O) groups excluding carboxylic acids is 1. The SMILES string of the molecule is [N-]=[N+]=NC(=O)CC1c2ccccc2CCc2sccc21. The van der Waals surface area contributed by atoms with Crippen LogP contribution >= 0.6 is 11.3 Å². The molecule has 1 unspecified atom stereocenters. The zero-order valence-electron chi connectivity index (χ0n) is 10.8. The third-order valence-electron chi connectivity index (χ3n) is 3.74. The maximum absolute atomic E-state index is 11.7. The molecule has 0 N–H and O–H groups in total. The zero-order chi connectivity index (χ0) is 13.9. The molecule has 1 aromatic heterocycles. The van der Waals surface area contributed by atoms with Crippen LogP contribution in [-0.4, -0.2) is 5.91 Å². The van der Waals surface area contributed by atoms with Crippen molar-refractivity contribution in [1.82, 2.24) is 0 Å². The number of nitrogens with zero attached hydrogens (tertiary/aromatic N) is 3. The molecule has 0 fully saturated rings. The van der Waals surface area contributed by atoms with Crippen molar-refractivity contribution in [3.05, 3.63) is 67.7 Å². The molecule has 0 aliphatic heterocycles. The van der Waals surface area contributed by atoms with Gasteiger partial charge >= 0.3 is 0 Å². The van der Waals surface area contributed by atoms with Gasteiger partial charge < -0.3 is 0 Å². The van der Waals surface area contributed by atoms with Crippen LogP contribution in [0.15, 0.2) is 40.8 Å². The summed E-state index contributed by atoms with van der Waals surface area (Å²) < 4.78 is 0. The second kappa shape index (κ2) is 5.49. The molecule has 0 spiro atoms. The fraction of sp³-hybridized carbons (Fsp3) is 0.267. The Bertz CT molecular complexity index is 701. The fourth-order valence-electron chi connectivity index (χ4n) is 2.87. The summed E-state index contributed by atoms with van der Waals surface area (Å²) in [5, 5.41) is 5.30. The highest BCUT2D eigenvalue weighted by Gasteiger charge is 2.25. The Morgan fingerprint density at radius 1 is 1.30 bits per heavy atom. The van der Waals surface area contributed by atoms with Crippen molar-refractivity contribution in [3.8, 4) is 0 Å². The first-order chi connectivity index (χ1) is 9.79. The molecule has 1 aromatic carbocycles. The Labute approximate surface area is 120 Å². The van der Waals surface area contributed by atoms with Crippen LogP contribution in [-0.2, 0) is 17.6 Å². The Kier molecular flexibility index (Phi) is 3.54. The minimum Gasteiger partial charge on any atom is -0.293 e. The number of azide groups is 1. The van der Waals surface area contributed by atoms with Crippen molar-refractivity contribution in [2.75, 3.05) is 0 Å². The van der Waals surface area contributed by atoms with Crippen LogP contribution in [0, 0.1) is 0 Å². The number of aryl methyl sites for hydroxylation is 2. The Morgan fingerprint density at radius 3 is 3.00 bits per heavy atom. The van der Waals surface area contributed by atoms with E-state index in [0.717, 1.165) is 12.8 Å². The Hall–Kier alpha value is -2.10. The predicted octanol–water partition coefficient (Wildman–Crippen LogP) is 4.21. The van der Waals surface area contributed by atoms with E-state index < -0.39 is 5.91 Å². The number of hydrogen-bond donors (Lipinski definition) is 0. The van der Waals surface area contributed by atoms with E-state index in [9.17, 15) is 4.79 Å². The van der Waals surface area contributed by atoms with Gasteiger partial charge in [-0.15, -0.1) is 11.3 Å². The van der Waals surface area contributed by atoms with E-state index in [1.54, 1.807) is 11.3 Å². The van der Waals surface area contributed by atoms with E-state index >= 15 is 0 Å². The van der Waals surface area contributed by atoms with Crippen molar-refractivity contribution in [2.45, 2.75) is 25.2 Å². The first-order valence-electron chi connectivity index (χ1n) is 6.51. The third-order valence-corrected chi connectivity index (χ3v) is 4.74. The Balaban J connectivity index is 2.07. The van der Waals surface area contributed by atoms with Crippen molar-refractivity contribution >= 4 is 17.2 Å². The van der Waals surface area contributed by atoms with Crippen LogP contribution < -0.4 is 0 Å². The summed E-state index contributed by atoms with van der Waals surface area (Å²) in [7, 11) is 0. The average Bonchev–Trinajstić information content (AvgIpc) is 2.86. The van der Waals surface area contributed by atoms with Gasteiger partial charge in [-0.25, -0.2) is 0 Å². The minimum atomic E-state index is -0.397. The normalized spacial score (nSPS) is 16.5. The summed E-state index contributed by atoms with van der Waals surface area (Å²) >= 11 is 1.74. The molecule has 100 valence electrons. The molecule has 20 heavy (non-hydrogen) atoms. The third kappa shape index (κ3) is 2.33. The summed E-state index contributed by atoms with van der Waals surface area (Å²) in [5.41, 5.74) is 12.1. The van der Waals surface area contributed by atoms with Crippen LogP contribution in [0.1, 0.15) is 33.9 Å². The van der Waals surface area contributed by atoms with E-state index in [0.29, 0.717) is 0 Å². The summed E-state index contributed by atoms with van der Waals surface area (Å²) in [6.07, 6.45) is 2.25. The maximum Gasteiger partial charge on any atom is 0.219 e. The zero-order valence-corrected chi connectivity index (χ0v) is 11.6. The molecule has 1 aliphatic carbocycles. The highest BCUT2D eigenvalue weighted by Crippen LogP contribution is 2.38. The summed E-state index contributed by atoms with van der Waals surface area (Å²) in [6.45, 7) is 0. The lowest BCUT2D eigenvalue weighted by Crippen LogP contribution is -2.07. The van der Waals surface area contributed by atoms with Gasteiger partial charge in [0.2, 0.25) is 5.91 Å². The molecule has 1 heterocycles. The summed E-state index contributed by atoms with van der Waals surface area (Å²) in [4.78, 5) is 15.7. The lowest BCUT2D eigenvalue weighted by atomic mass is 9.87. The van der Waals surface area contributed by atoms with Crippen LogP contribution in [0.4, 0.5) is 0 Å². The number of benzene rings is 1. The lowest BCUT2D eigenvalue weighted by Gasteiger charge is -2.17. The van der Waals surface area contributed by atoms with Gasteiger partial charge in [-0.05, 0) is 51.6 Å². The van der Waals surface area contributed by atoms with Gasteiger partial charge in [0, 0.05) is 22.1 Å². The topological polar surface area (TPSA) is 65.8 Å². The Morgan fingerprint density at radius 2 is 2.15 bits per heavy atom. The molecule has 0 radical (unpaired) electrons. The second-order valence-corrected chi connectivity index (χ2v) is 5.84. The average molecular weight is 283 g/mol.